The van der Waals surface area contributed by atoms with Crippen molar-refractivity contribution in [3.05, 3.63) is 47.0 Å². The predicted octanol–water partition coefficient (Wildman–Crippen LogP) is 3.70. The second-order valence-electron chi connectivity index (χ2n) is 5.29. The lowest BCUT2D eigenvalue weighted by atomic mass is 10.2. The van der Waals surface area contributed by atoms with Crippen molar-refractivity contribution in [1.82, 2.24) is 9.97 Å². The summed E-state index contributed by atoms with van der Waals surface area (Å²) in [6.07, 6.45) is 0. The fourth-order valence-electron chi connectivity index (χ4n) is 2.04. The molecule has 1 aromatic heterocycles. The first kappa shape index (κ1) is 15.2. The normalized spacial score (nSPS) is 10.8. The molecule has 2 aromatic rings. The molecule has 0 bridgehead atoms. The summed E-state index contributed by atoms with van der Waals surface area (Å²) in [5, 5.41) is 6.36. The van der Waals surface area contributed by atoms with Gasteiger partial charge in [-0.2, -0.15) is 0 Å². The SMILES string of the molecule is CNc1nc(C(C)C)nc(NCc2cccc(F)c2)c1C. The van der Waals surface area contributed by atoms with E-state index in [-0.39, 0.29) is 11.7 Å². The van der Waals surface area contributed by atoms with E-state index in [2.05, 4.69) is 34.4 Å². The molecule has 4 nitrogen and oxygen atoms in total. The molecular formula is C16H21FN4. The Kier molecular flexibility index (Phi) is 4.73. The maximum atomic E-state index is 13.2. The first-order valence-corrected chi connectivity index (χ1v) is 7.06. The Morgan fingerprint density at radius 3 is 2.52 bits per heavy atom. The van der Waals surface area contributed by atoms with Crippen LogP contribution in [0.1, 0.15) is 36.7 Å². The molecule has 112 valence electrons. The van der Waals surface area contributed by atoms with Crippen LogP contribution < -0.4 is 10.6 Å². The van der Waals surface area contributed by atoms with Gasteiger partial charge in [0.2, 0.25) is 0 Å². The van der Waals surface area contributed by atoms with E-state index in [0.29, 0.717) is 6.54 Å². The molecular weight excluding hydrogens is 267 g/mol. The standard InChI is InChI=1S/C16H21FN4/c1-10(2)14-20-15(18-4)11(3)16(21-14)19-9-12-6-5-7-13(17)8-12/h5-8,10H,9H2,1-4H3,(H2,18,19,20,21). The first-order chi connectivity index (χ1) is 10.0. The zero-order chi connectivity index (χ0) is 15.4. The van der Waals surface area contributed by atoms with E-state index < -0.39 is 0 Å². The molecule has 2 rings (SSSR count). The Morgan fingerprint density at radius 2 is 1.90 bits per heavy atom. The van der Waals surface area contributed by atoms with E-state index in [4.69, 9.17) is 0 Å². The Morgan fingerprint density at radius 1 is 1.19 bits per heavy atom. The Balaban J connectivity index is 2.24. The van der Waals surface area contributed by atoms with Gasteiger partial charge in [0.15, 0.2) is 0 Å². The summed E-state index contributed by atoms with van der Waals surface area (Å²) >= 11 is 0. The van der Waals surface area contributed by atoms with Crippen LogP contribution in [0.2, 0.25) is 0 Å². The summed E-state index contributed by atoms with van der Waals surface area (Å²) in [6, 6.07) is 6.55. The average molecular weight is 288 g/mol. The van der Waals surface area contributed by atoms with E-state index in [1.807, 2.05) is 20.0 Å². The highest BCUT2D eigenvalue weighted by atomic mass is 19.1. The molecule has 0 atom stereocenters. The number of hydrogen-bond donors (Lipinski definition) is 2. The van der Waals surface area contributed by atoms with E-state index in [1.54, 1.807) is 6.07 Å². The third-order valence-electron chi connectivity index (χ3n) is 3.27. The predicted molar refractivity (Wildman–Crippen MR) is 84.1 cm³/mol. The van der Waals surface area contributed by atoms with Crippen molar-refractivity contribution in [3.63, 3.8) is 0 Å². The maximum Gasteiger partial charge on any atom is 0.135 e. The van der Waals surface area contributed by atoms with Gasteiger partial charge in [-0.1, -0.05) is 26.0 Å². The van der Waals surface area contributed by atoms with Crippen LogP contribution in [-0.2, 0) is 6.54 Å². The summed E-state index contributed by atoms with van der Waals surface area (Å²) in [5.41, 5.74) is 1.84. The molecule has 0 aliphatic rings. The summed E-state index contributed by atoms with van der Waals surface area (Å²) in [5.74, 6) is 2.39. The Bertz CT molecular complexity index is 626. The van der Waals surface area contributed by atoms with Crippen LogP contribution in [0.25, 0.3) is 0 Å². The Labute approximate surface area is 124 Å². The monoisotopic (exact) mass is 288 g/mol. The van der Waals surface area contributed by atoms with E-state index in [1.165, 1.54) is 12.1 Å². The molecule has 1 heterocycles. The van der Waals surface area contributed by atoms with E-state index in [0.717, 1.165) is 28.6 Å². The number of rotatable bonds is 5. The Hall–Kier alpha value is -2.17. The minimum absolute atomic E-state index is 0.229. The minimum Gasteiger partial charge on any atom is -0.373 e. The molecule has 0 unspecified atom stereocenters. The molecule has 21 heavy (non-hydrogen) atoms. The van der Waals surface area contributed by atoms with Crippen molar-refractivity contribution in [2.24, 2.45) is 0 Å². The van der Waals surface area contributed by atoms with Crippen LogP contribution in [0.4, 0.5) is 16.0 Å². The van der Waals surface area contributed by atoms with Crippen LogP contribution in [0.3, 0.4) is 0 Å². The molecule has 0 saturated carbocycles. The van der Waals surface area contributed by atoms with Crippen LogP contribution in [0.5, 0.6) is 0 Å². The van der Waals surface area contributed by atoms with Gasteiger partial charge in [-0.05, 0) is 24.6 Å². The summed E-state index contributed by atoms with van der Waals surface area (Å²) in [6.45, 7) is 6.60. The fraction of sp³-hybridized carbons (Fsp3) is 0.375. The van der Waals surface area contributed by atoms with Crippen molar-refractivity contribution < 1.29 is 4.39 Å². The lowest BCUT2D eigenvalue weighted by Gasteiger charge is -2.15. The average Bonchev–Trinajstić information content (AvgIpc) is 2.46. The summed E-state index contributed by atoms with van der Waals surface area (Å²) in [4.78, 5) is 9.06. The highest BCUT2D eigenvalue weighted by Gasteiger charge is 2.12. The van der Waals surface area contributed by atoms with E-state index in [9.17, 15) is 4.39 Å². The zero-order valence-electron chi connectivity index (χ0n) is 12.9. The van der Waals surface area contributed by atoms with Crippen molar-refractivity contribution in [2.75, 3.05) is 17.7 Å². The fourth-order valence-corrected chi connectivity index (χ4v) is 2.04. The first-order valence-electron chi connectivity index (χ1n) is 7.06. The molecule has 0 spiro atoms. The van der Waals surface area contributed by atoms with E-state index >= 15 is 0 Å². The second kappa shape index (κ2) is 6.52. The number of aromatic nitrogens is 2. The molecule has 0 radical (unpaired) electrons. The summed E-state index contributed by atoms with van der Waals surface area (Å²) in [7, 11) is 1.84. The highest BCUT2D eigenvalue weighted by Crippen LogP contribution is 2.23. The van der Waals surface area contributed by atoms with Gasteiger partial charge >= 0.3 is 0 Å². The number of anilines is 2. The van der Waals surface area contributed by atoms with Crippen molar-refractivity contribution >= 4 is 11.6 Å². The lowest BCUT2D eigenvalue weighted by molar-refractivity contribution is 0.626. The van der Waals surface area contributed by atoms with Gasteiger partial charge in [-0.3, -0.25) is 0 Å². The number of nitrogens with one attached hydrogen (secondary N) is 2. The lowest BCUT2D eigenvalue weighted by Crippen LogP contribution is -2.10. The molecule has 0 aliphatic heterocycles. The molecule has 0 aliphatic carbocycles. The topological polar surface area (TPSA) is 49.8 Å². The van der Waals surface area contributed by atoms with Crippen LogP contribution in [0, 0.1) is 12.7 Å². The van der Waals surface area contributed by atoms with Crippen LogP contribution >= 0.6 is 0 Å². The molecule has 0 saturated heterocycles. The van der Waals surface area contributed by atoms with Crippen LogP contribution in [0.15, 0.2) is 24.3 Å². The maximum absolute atomic E-state index is 13.2. The largest absolute Gasteiger partial charge is 0.373 e. The minimum atomic E-state index is -0.229. The molecule has 5 heteroatoms. The highest BCUT2D eigenvalue weighted by molar-refractivity contribution is 5.57. The molecule has 1 aromatic carbocycles. The number of benzene rings is 1. The van der Waals surface area contributed by atoms with Gasteiger partial charge in [0.25, 0.3) is 0 Å². The number of nitrogens with zero attached hydrogens (tertiary/aromatic N) is 2. The van der Waals surface area contributed by atoms with Crippen LogP contribution in [-0.4, -0.2) is 17.0 Å². The van der Waals surface area contributed by atoms with Crippen molar-refractivity contribution in [3.8, 4) is 0 Å². The molecule has 0 fully saturated rings. The smallest absolute Gasteiger partial charge is 0.135 e. The van der Waals surface area contributed by atoms with Gasteiger partial charge in [-0.15, -0.1) is 0 Å². The zero-order valence-corrected chi connectivity index (χ0v) is 12.9. The second-order valence-corrected chi connectivity index (χ2v) is 5.29. The number of hydrogen-bond acceptors (Lipinski definition) is 4. The van der Waals surface area contributed by atoms with Gasteiger partial charge in [0, 0.05) is 25.1 Å². The molecule has 0 amide bonds. The quantitative estimate of drug-likeness (QED) is 0.880. The summed E-state index contributed by atoms with van der Waals surface area (Å²) < 4.78 is 13.2. The van der Waals surface area contributed by atoms with Crippen molar-refractivity contribution in [2.45, 2.75) is 33.2 Å². The van der Waals surface area contributed by atoms with Gasteiger partial charge in [-0.25, -0.2) is 14.4 Å². The third kappa shape index (κ3) is 3.68. The molecule has 2 N–H and O–H groups in total. The van der Waals surface area contributed by atoms with Gasteiger partial charge < -0.3 is 10.6 Å². The van der Waals surface area contributed by atoms with Crippen molar-refractivity contribution in [1.29, 1.82) is 0 Å². The third-order valence-corrected chi connectivity index (χ3v) is 3.27. The number of halogens is 1. The van der Waals surface area contributed by atoms with Gasteiger partial charge in [0.1, 0.15) is 23.3 Å². The van der Waals surface area contributed by atoms with Gasteiger partial charge in [0.05, 0.1) is 0 Å².